The van der Waals surface area contributed by atoms with Crippen LogP contribution in [0.3, 0.4) is 0 Å². The first-order chi connectivity index (χ1) is 13.6. The SMILES string of the molecule is COc1ccc([C@H](O)C(=O)N2CCc3c(nc(C)nc3N3CCCC3)C2)cc1. The van der Waals surface area contributed by atoms with Crippen molar-refractivity contribution in [1.29, 1.82) is 0 Å². The maximum atomic E-state index is 12.9. The Labute approximate surface area is 165 Å². The summed E-state index contributed by atoms with van der Waals surface area (Å²) in [5.41, 5.74) is 2.61. The third-order valence-corrected chi connectivity index (χ3v) is 5.54. The second-order valence-electron chi connectivity index (χ2n) is 7.40. The molecule has 1 amide bonds. The van der Waals surface area contributed by atoms with Gasteiger partial charge in [-0.2, -0.15) is 0 Å². The van der Waals surface area contributed by atoms with Gasteiger partial charge in [0.2, 0.25) is 0 Å². The van der Waals surface area contributed by atoms with Crippen LogP contribution in [0.15, 0.2) is 24.3 Å². The third kappa shape index (κ3) is 3.54. The van der Waals surface area contributed by atoms with Gasteiger partial charge in [-0.1, -0.05) is 12.1 Å². The van der Waals surface area contributed by atoms with Gasteiger partial charge in [-0.05, 0) is 43.9 Å². The largest absolute Gasteiger partial charge is 0.497 e. The van der Waals surface area contributed by atoms with Crippen molar-refractivity contribution in [1.82, 2.24) is 14.9 Å². The standard InChI is InChI=1S/C21H26N4O3/c1-14-22-18-13-25(12-9-17(18)20(23-14)24-10-3-4-11-24)21(27)19(26)15-5-7-16(28-2)8-6-15/h5-8,19,26H,3-4,9-13H2,1-2H3/t19-/m0/s1. The summed E-state index contributed by atoms with van der Waals surface area (Å²) in [6.07, 6.45) is 1.91. The predicted molar refractivity (Wildman–Crippen MR) is 105 cm³/mol. The van der Waals surface area contributed by atoms with Crippen LogP contribution in [-0.2, 0) is 17.8 Å². The Morgan fingerprint density at radius 1 is 1.14 bits per heavy atom. The molecule has 0 saturated carbocycles. The highest BCUT2D eigenvalue weighted by Crippen LogP contribution is 2.30. The highest BCUT2D eigenvalue weighted by molar-refractivity contribution is 5.82. The van der Waals surface area contributed by atoms with Gasteiger partial charge >= 0.3 is 0 Å². The van der Waals surface area contributed by atoms with Gasteiger partial charge in [-0.15, -0.1) is 0 Å². The number of amides is 1. The molecule has 0 spiro atoms. The number of ether oxygens (including phenoxy) is 1. The molecule has 0 aliphatic carbocycles. The maximum Gasteiger partial charge on any atom is 0.256 e. The highest BCUT2D eigenvalue weighted by Gasteiger charge is 2.30. The van der Waals surface area contributed by atoms with Crippen LogP contribution in [0.5, 0.6) is 5.75 Å². The summed E-state index contributed by atoms with van der Waals surface area (Å²) in [4.78, 5) is 26.2. The Bertz CT molecular complexity index is 863. The van der Waals surface area contributed by atoms with Gasteiger partial charge in [0.05, 0.1) is 19.3 Å². The van der Waals surface area contributed by atoms with Crippen molar-refractivity contribution in [2.75, 3.05) is 31.6 Å². The summed E-state index contributed by atoms with van der Waals surface area (Å²) < 4.78 is 5.13. The number of aliphatic hydroxyl groups excluding tert-OH is 1. The van der Waals surface area contributed by atoms with Gasteiger partial charge in [0.1, 0.15) is 17.4 Å². The normalized spacial score (nSPS) is 17.4. The number of carbonyl (C=O) groups is 1. The van der Waals surface area contributed by atoms with Crippen molar-refractivity contribution >= 4 is 11.7 Å². The van der Waals surface area contributed by atoms with Gasteiger partial charge < -0.3 is 19.6 Å². The molecule has 4 rings (SSSR count). The minimum absolute atomic E-state index is 0.296. The fourth-order valence-corrected chi connectivity index (χ4v) is 4.01. The molecule has 148 valence electrons. The molecule has 1 N–H and O–H groups in total. The lowest BCUT2D eigenvalue weighted by atomic mass is 10.0. The van der Waals surface area contributed by atoms with E-state index in [0.29, 0.717) is 30.8 Å². The van der Waals surface area contributed by atoms with Crippen molar-refractivity contribution in [3.05, 3.63) is 46.9 Å². The fraction of sp³-hybridized carbons (Fsp3) is 0.476. The van der Waals surface area contributed by atoms with Gasteiger partial charge in [0.25, 0.3) is 5.91 Å². The summed E-state index contributed by atoms with van der Waals surface area (Å²) >= 11 is 0. The average molecular weight is 382 g/mol. The lowest BCUT2D eigenvalue weighted by molar-refractivity contribution is -0.141. The van der Waals surface area contributed by atoms with Crippen LogP contribution < -0.4 is 9.64 Å². The number of aromatic nitrogens is 2. The number of benzene rings is 1. The minimum Gasteiger partial charge on any atom is -0.497 e. The van der Waals surface area contributed by atoms with Crippen molar-refractivity contribution < 1.29 is 14.6 Å². The lowest BCUT2D eigenvalue weighted by Crippen LogP contribution is -2.40. The minimum atomic E-state index is -1.19. The van der Waals surface area contributed by atoms with Gasteiger partial charge in [0, 0.05) is 25.2 Å². The molecule has 0 bridgehead atoms. The fourth-order valence-electron chi connectivity index (χ4n) is 4.01. The molecule has 28 heavy (non-hydrogen) atoms. The molecule has 0 radical (unpaired) electrons. The van der Waals surface area contributed by atoms with Crippen LogP contribution in [0.1, 0.15) is 41.6 Å². The van der Waals surface area contributed by atoms with Crippen LogP contribution in [0.25, 0.3) is 0 Å². The van der Waals surface area contributed by atoms with E-state index in [-0.39, 0.29) is 5.91 Å². The molecular formula is C21H26N4O3. The number of carbonyl (C=O) groups excluding carboxylic acids is 1. The molecular weight excluding hydrogens is 356 g/mol. The first-order valence-electron chi connectivity index (χ1n) is 9.79. The van der Waals surface area contributed by atoms with Crippen LogP contribution in [0, 0.1) is 6.92 Å². The number of methoxy groups -OCH3 is 1. The number of rotatable bonds is 4. The smallest absolute Gasteiger partial charge is 0.256 e. The molecule has 1 aromatic heterocycles. The Morgan fingerprint density at radius 2 is 1.86 bits per heavy atom. The quantitative estimate of drug-likeness (QED) is 0.872. The summed E-state index contributed by atoms with van der Waals surface area (Å²) in [5.74, 6) is 2.15. The second-order valence-corrected chi connectivity index (χ2v) is 7.40. The van der Waals surface area contributed by atoms with Gasteiger partial charge in [-0.25, -0.2) is 9.97 Å². The van der Waals surface area contributed by atoms with E-state index in [1.54, 1.807) is 36.3 Å². The second kappa shape index (κ2) is 7.75. The lowest BCUT2D eigenvalue weighted by Gasteiger charge is -2.32. The average Bonchev–Trinajstić information content (AvgIpc) is 3.26. The van der Waals surface area contributed by atoms with Gasteiger partial charge in [0.15, 0.2) is 6.10 Å². The molecule has 1 saturated heterocycles. The van der Waals surface area contributed by atoms with Crippen molar-refractivity contribution in [2.24, 2.45) is 0 Å². The summed E-state index contributed by atoms with van der Waals surface area (Å²) in [7, 11) is 1.59. The molecule has 0 unspecified atom stereocenters. The van der Waals surface area contributed by atoms with E-state index in [0.717, 1.165) is 36.0 Å². The number of nitrogens with zero attached hydrogens (tertiary/aromatic N) is 4. The monoisotopic (exact) mass is 382 g/mol. The Kier molecular flexibility index (Phi) is 5.17. The van der Waals surface area contributed by atoms with Crippen LogP contribution in [0.2, 0.25) is 0 Å². The zero-order valence-electron chi connectivity index (χ0n) is 16.4. The van der Waals surface area contributed by atoms with E-state index in [4.69, 9.17) is 4.74 Å². The van der Waals surface area contributed by atoms with Crippen LogP contribution >= 0.6 is 0 Å². The predicted octanol–water partition coefficient (Wildman–Crippen LogP) is 2.01. The molecule has 2 aliphatic heterocycles. The maximum absolute atomic E-state index is 12.9. The molecule has 3 heterocycles. The Morgan fingerprint density at radius 3 is 2.54 bits per heavy atom. The summed E-state index contributed by atoms with van der Waals surface area (Å²) in [6, 6.07) is 6.93. The number of hydrogen-bond acceptors (Lipinski definition) is 6. The first-order valence-corrected chi connectivity index (χ1v) is 9.79. The molecule has 7 heteroatoms. The third-order valence-electron chi connectivity index (χ3n) is 5.54. The van der Waals surface area contributed by atoms with Crippen LogP contribution in [-0.4, -0.2) is 52.6 Å². The van der Waals surface area contributed by atoms with Crippen LogP contribution in [0.4, 0.5) is 5.82 Å². The number of aryl methyl sites for hydroxylation is 1. The summed E-state index contributed by atoms with van der Waals surface area (Å²) in [5, 5.41) is 10.6. The molecule has 2 aromatic rings. The van der Waals surface area contributed by atoms with Crippen molar-refractivity contribution in [3.8, 4) is 5.75 Å². The molecule has 1 atom stereocenters. The zero-order valence-corrected chi connectivity index (χ0v) is 16.4. The van der Waals surface area contributed by atoms with Crippen molar-refractivity contribution in [3.63, 3.8) is 0 Å². The zero-order chi connectivity index (χ0) is 19.7. The molecule has 2 aliphatic rings. The Balaban J connectivity index is 1.53. The van der Waals surface area contributed by atoms with E-state index in [9.17, 15) is 9.90 Å². The number of aliphatic hydroxyl groups is 1. The highest BCUT2D eigenvalue weighted by atomic mass is 16.5. The number of hydrogen-bond donors (Lipinski definition) is 1. The van der Waals surface area contributed by atoms with E-state index in [1.165, 1.54) is 12.8 Å². The molecule has 1 fully saturated rings. The first kappa shape index (κ1) is 18.7. The van der Waals surface area contributed by atoms with E-state index in [1.807, 2.05) is 6.92 Å². The molecule has 7 nitrogen and oxygen atoms in total. The molecule has 1 aromatic carbocycles. The van der Waals surface area contributed by atoms with Gasteiger partial charge in [-0.3, -0.25) is 4.79 Å². The van der Waals surface area contributed by atoms with E-state index < -0.39 is 6.10 Å². The number of anilines is 1. The van der Waals surface area contributed by atoms with E-state index >= 15 is 0 Å². The topological polar surface area (TPSA) is 78.8 Å². The van der Waals surface area contributed by atoms with Crippen molar-refractivity contribution in [2.45, 2.75) is 38.8 Å². The summed E-state index contributed by atoms with van der Waals surface area (Å²) in [6.45, 7) is 4.92. The van der Waals surface area contributed by atoms with E-state index in [2.05, 4.69) is 14.9 Å². The Hall–Kier alpha value is -2.67. The number of fused-ring (bicyclic) bond motifs is 1.